The van der Waals surface area contributed by atoms with Gasteiger partial charge in [-0.25, -0.2) is 4.98 Å². The van der Waals surface area contributed by atoms with E-state index in [1.807, 2.05) is 19.2 Å². The van der Waals surface area contributed by atoms with Crippen LogP contribution in [0.5, 0.6) is 0 Å². The number of hydrogen-bond donors (Lipinski definition) is 1. The molecule has 2 saturated heterocycles. The molecule has 3 heterocycles. The maximum absolute atomic E-state index is 12.6. The van der Waals surface area contributed by atoms with Crippen molar-refractivity contribution in [1.82, 2.24) is 14.8 Å². The van der Waals surface area contributed by atoms with Crippen LogP contribution in [-0.4, -0.2) is 52.8 Å². The molecule has 3 rings (SSSR count). The number of amides is 2. The number of anilines is 1. The van der Waals surface area contributed by atoms with Gasteiger partial charge in [-0.05, 0) is 37.0 Å². The molecule has 1 N–H and O–H groups in total. The van der Waals surface area contributed by atoms with Gasteiger partial charge in [0, 0.05) is 26.3 Å². The number of rotatable bonds is 3. The molecule has 6 heteroatoms. The van der Waals surface area contributed by atoms with Crippen LogP contribution < -0.4 is 5.32 Å². The second-order valence-electron chi connectivity index (χ2n) is 5.59. The molecule has 0 spiro atoms. The number of carbonyl (C=O) groups excluding carboxylic acids is 2. The van der Waals surface area contributed by atoms with Crippen molar-refractivity contribution in [1.29, 1.82) is 0 Å². The molecule has 0 aliphatic carbocycles. The Hall–Kier alpha value is -2.11. The van der Waals surface area contributed by atoms with Gasteiger partial charge in [0.05, 0.1) is 0 Å². The summed E-state index contributed by atoms with van der Waals surface area (Å²) in [5.41, 5.74) is 0.986. The number of piperidine rings is 1. The minimum atomic E-state index is -0.245. The topological polar surface area (TPSA) is 65.5 Å². The number of nitrogens with zero attached hydrogens (tertiary/aromatic N) is 3. The van der Waals surface area contributed by atoms with Gasteiger partial charge in [0.1, 0.15) is 18.4 Å². The van der Waals surface area contributed by atoms with E-state index in [-0.39, 0.29) is 24.4 Å². The average Bonchev–Trinajstić information content (AvgIpc) is 2.52. The van der Waals surface area contributed by atoms with E-state index in [4.69, 9.17) is 0 Å². The molecule has 1 aromatic rings. The maximum atomic E-state index is 12.6. The number of nitrogens with one attached hydrogen (secondary N) is 1. The molecule has 1 atom stereocenters. The van der Waals surface area contributed by atoms with Crippen molar-refractivity contribution < 1.29 is 9.59 Å². The number of carbonyl (C=O) groups is 2. The fraction of sp³-hybridized carbons (Fsp3) is 0.533. The van der Waals surface area contributed by atoms with Crippen LogP contribution in [-0.2, 0) is 16.1 Å². The molecular weight excluding hydrogens is 268 g/mol. The van der Waals surface area contributed by atoms with Crippen molar-refractivity contribution in [3.8, 4) is 0 Å². The number of aromatic nitrogens is 1. The molecule has 2 aliphatic rings. The summed E-state index contributed by atoms with van der Waals surface area (Å²) >= 11 is 0. The molecule has 2 fully saturated rings. The van der Waals surface area contributed by atoms with Gasteiger partial charge in [0.2, 0.25) is 11.8 Å². The molecule has 0 radical (unpaired) electrons. The van der Waals surface area contributed by atoms with Crippen molar-refractivity contribution in [2.75, 3.05) is 25.5 Å². The zero-order valence-corrected chi connectivity index (χ0v) is 12.2. The predicted molar refractivity (Wildman–Crippen MR) is 78.6 cm³/mol. The predicted octanol–water partition coefficient (Wildman–Crippen LogP) is 0.847. The lowest BCUT2D eigenvalue weighted by atomic mass is 9.98. The molecule has 2 aliphatic heterocycles. The molecule has 2 amide bonds. The van der Waals surface area contributed by atoms with Gasteiger partial charge in [0.25, 0.3) is 0 Å². The molecule has 1 aromatic heterocycles. The smallest absolute Gasteiger partial charge is 0.246 e. The first-order valence-corrected chi connectivity index (χ1v) is 7.40. The summed E-state index contributed by atoms with van der Waals surface area (Å²) in [6, 6.07) is 3.54. The van der Waals surface area contributed by atoms with Gasteiger partial charge in [-0.2, -0.15) is 0 Å². The van der Waals surface area contributed by atoms with E-state index in [0.29, 0.717) is 6.54 Å². The molecule has 0 saturated carbocycles. The van der Waals surface area contributed by atoms with Crippen molar-refractivity contribution in [3.05, 3.63) is 23.9 Å². The van der Waals surface area contributed by atoms with Crippen molar-refractivity contribution >= 4 is 17.6 Å². The fourth-order valence-corrected chi connectivity index (χ4v) is 3.09. The standard InChI is InChI=1S/C15H20N4O2/c1-16-13-8-11(5-6-17-13)9-18-10-14(20)19-7-3-2-4-12(19)15(18)21/h5-6,8,12H,2-4,7,9-10H2,1H3,(H,16,17). The highest BCUT2D eigenvalue weighted by molar-refractivity contribution is 5.95. The highest BCUT2D eigenvalue weighted by Gasteiger charge is 2.40. The lowest BCUT2D eigenvalue weighted by Gasteiger charge is -2.42. The summed E-state index contributed by atoms with van der Waals surface area (Å²) in [4.78, 5) is 32.4. The van der Waals surface area contributed by atoms with E-state index in [1.54, 1.807) is 16.0 Å². The Kier molecular flexibility index (Phi) is 3.77. The molecule has 1 unspecified atom stereocenters. The minimum absolute atomic E-state index is 0.0715. The summed E-state index contributed by atoms with van der Waals surface area (Å²) in [6.07, 6.45) is 4.53. The Morgan fingerprint density at radius 1 is 1.38 bits per heavy atom. The van der Waals surface area contributed by atoms with Crippen LogP contribution in [0.4, 0.5) is 5.82 Å². The van der Waals surface area contributed by atoms with Crippen molar-refractivity contribution in [3.63, 3.8) is 0 Å². The first-order valence-electron chi connectivity index (χ1n) is 7.40. The van der Waals surface area contributed by atoms with E-state index in [1.165, 1.54) is 0 Å². The fourth-order valence-electron chi connectivity index (χ4n) is 3.09. The third kappa shape index (κ3) is 2.70. The summed E-state index contributed by atoms with van der Waals surface area (Å²) in [5.74, 6) is 0.918. The van der Waals surface area contributed by atoms with Crippen LogP contribution in [0.25, 0.3) is 0 Å². The zero-order chi connectivity index (χ0) is 14.8. The van der Waals surface area contributed by atoms with Crippen molar-refractivity contribution in [2.45, 2.75) is 31.8 Å². The van der Waals surface area contributed by atoms with E-state index < -0.39 is 0 Å². The Morgan fingerprint density at radius 2 is 2.24 bits per heavy atom. The second-order valence-corrected chi connectivity index (χ2v) is 5.59. The second kappa shape index (κ2) is 5.71. The van der Waals surface area contributed by atoms with Crippen LogP contribution >= 0.6 is 0 Å². The van der Waals surface area contributed by atoms with Crippen LogP contribution in [0.1, 0.15) is 24.8 Å². The van der Waals surface area contributed by atoms with E-state index >= 15 is 0 Å². The molecular formula is C15H20N4O2. The van der Waals surface area contributed by atoms with Crippen LogP contribution in [0.15, 0.2) is 18.3 Å². The Labute approximate surface area is 124 Å². The van der Waals surface area contributed by atoms with E-state index in [0.717, 1.165) is 37.2 Å². The largest absolute Gasteiger partial charge is 0.373 e. The van der Waals surface area contributed by atoms with Gasteiger partial charge in [-0.15, -0.1) is 0 Å². The summed E-state index contributed by atoms with van der Waals surface area (Å²) < 4.78 is 0. The molecule has 6 nitrogen and oxygen atoms in total. The van der Waals surface area contributed by atoms with Gasteiger partial charge in [-0.1, -0.05) is 0 Å². The van der Waals surface area contributed by atoms with Gasteiger partial charge >= 0.3 is 0 Å². The molecule has 0 bridgehead atoms. The molecule has 0 aromatic carbocycles. The minimum Gasteiger partial charge on any atom is -0.373 e. The Balaban J connectivity index is 1.76. The van der Waals surface area contributed by atoms with Gasteiger partial charge < -0.3 is 15.1 Å². The third-order valence-corrected chi connectivity index (χ3v) is 4.20. The summed E-state index contributed by atoms with van der Waals surface area (Å²) in [6.45, 7) is 1.38. The van der Waals surface area contributed by atoms with Crippen molar-refractivity contribution in [2.24, 2.45) is 0 Å². The lowest BCUT2D eigenvalue weighted by molar-refractivity contribution is -0.158. The highest BCUT2D eigenvalue weighted by Crippen LogP contribution is 2.24. The highest BCUT2D eigenvalue weighted by atomic mass is 16.2. The Bertz CT molecular complexity index is 560. The molecule has 112 valence electrons. The number of hydrogen-bond acceptors (Lipinski definition) is 4. The molecule has 21 heavy (non-hydrogen) atoms. The van der Waals surface area contributed by atoms with Crippen LogP contribution in [0, 0.1) is 0 Å². The monoisotopic (exact) mass is 288 g/mol. The number of fused-ring (bicyclic) bond motifs is 1. The summed E-state index contributed by atoms with van der Waals surface area (Å²) in [7, 11) is 1.81. The number of piperazine rings is 1. The SMILES string of the molecule is CNc1cc(CN2CC(=O)N3CCCCC3C2=O)ccn1. The average molecular weight is 288 g/mol. The van der Waals surface area contributed by atoms with Crippen LogP contribution in [0.3, 0.4) is 0 Å². The summed E-state index contributed by atoms with van der Waals surface area (Å²) in [5, 5.41) is 2.98. The number of pyridine rings is 1. The van der Waals surface area contributed by atoms with Gasteiger partial charge in [-0.3, -0.25) is 9.59 Å². The quantitative estimate of drug-likeness (QED) is 0.895. The lowest BCUT2D eigenvalue weighted by Crippen LogP contribution is -2.60. The first-order chi connectivity index (χ1) is 10.2. The zero-order valence-electron chi connectivity index (χ0n) is 12.2. The van der Waals surface area contributed by atoms with E-state index in [9.17, 15) is 9.59 Å². The Morgan fingerprint density at radius 3 is 3.05 bits per heavy atom. The van der Waals surface area contributed by atoms with Gasteiger partial charge in [0.15, 0.2) is 0 Å². The van der Waals surface area contributed by atoms with E-state index in [2.05, 4.69) is 10.3 Å². The third-order valence-electron chi connectivity index (χ3n) is 4.20. The maximum Gasteiger partial charge on any atom is 0.246 e. The normalized spacial score (nSPS) is 22.2. The van der Waals surface area contributed by atoms with Crippen LogP contribution in [0.2, 0.25) is 0 Å². The first kappa shape index (κ1) is 13.9.